The number of rotatable bonds is 8. The smallest absolute Gasteiger partial charge is 0.227 e. The van der Waals surface area contributed by atoms with Crippen molar-refractivity contribution in [1.29, 1.82) is 0 Å². The second kappa shape index (κ2) is 10.8. The third kappa shape index (κ3) is 5.23. The lowest BCUT2D eigenvalue weighted by molar-refractivity contribution is -0.118. The van der Waals surface area contributed by atoms with Crippen molar-refractivity contribution in [3.05, 3.63) is 68.8 Å². The molecule has 0 radical (unpaired) electrons. The summed E-state index contributed by atoms with van der Waals surface area (Å²) in [7, 11) is 1.63. The van der Waals surface area contributed by atoms with Crippen LogP contribution in [0.5, 0.6) is 11.5 Å². The molecular weight excluding hydrogens is 564 g/mol. The summed E-state index contributed by atoms with van der Waals surface area (Å²) in [5.41, 5.74) is 4.72. The van der Waals surface area contributed by atoms with Gasteiger partial charge in [-0.05, 0) is 69.9 Å². The number of methoxy groups -OCH3 is 1. The molecule has 2 heterocycles. The summed E-state index contributed by atoms with van der Waals surface area (Å²) >= 11 is 5.35. The van der Waals surface area contributed by atoms with E-state index in [-0.39, 0.29) is 11.2 Å². The Balaban J connectivity index is 1.57. The highest BCUT2D eigenvalue weighted by molar-refractivity contribution is 9.10. The van der Waals surface area contributed by atoms with Crippen LogP contribution in [0.2, 0.25) is 0 Å². The molecule has 2 aliphatic rings. The molecule has 2 aromatic carbocycles. The molecule has 1 N–H and O–H groups in total. The maximum atomic E-state index is 13.6. The predicted molar refractivity (Wildman–Crippen MR) is 154 cm³/mol. The van der Waals surface area contributed by atoms with E-state index in [1.54, 1.807) is 18.9 Å². The largest absolute Gasteiger partial charge is 0.493 e. The lowest BCUT2D eigenvalue weighted by Crippen LogP contribution is -2.36. The first-order valence-electron chi connectivity index (χ1n) is 12.9. The number of hydrogen-bond donors (Lipinski definition) is 1. The minimum atomic E-state index is -0.413. The van der Waals surface area contributed by atoms with Gasteiger partial charge in [-0.15, -0.1) is 5.10 Å². The molecule has 3 aromatic rings. The fraction of sp³-hybridized carbons (Fsp3) is 0.414. The zero-order valence-electron chi connectivity index (χ0n) is 22.4. The molecule has 0 saturated carbocycles. The molecule has 0 spiro atoms. The van der Waals surface area contributed by atoms with Crippen LogP contribution in [-0.4, -0.2) is 33.4 Å². The number of allylic oxidation sites excluding steroid dienone is 2. The molecule has 9 heteroatoms. The van der Waals surface area contributed by atoms with Crippen LogP contribution in [0.25, 0.3) is 0 Å². The maximum Gasteiger partial charge on any atom is 0.227 e. The second-order valence-corrected chi connectivity index (χ2v) is 12.5. The van der Waals surface area contributed by atoms with E-state index in [2.05, 4.69) is 61.1 Å². The Hall–Kier alpha value is -2.78. The van der Waals surface area contributed by atoms with Crippen LogP contribution in [0.15, 0.2) is 57.3 Å². The van der Waals surface area contributed by atoms with Crippen LogP contribution in [0, 0.1) is 12.3 Å². The lowest BCUT2D eigenvalue weighted by Gasteiger charge is -2.38. The Labute approximate surface area is 236 Å². The number of carbonyl (C=O) groups is 1. The van der Waals surface area contributed by atoms with Gasteiger partial charge in [0.2, 0.25) is 11.1 Å². The van der Waals surface area contributed by atoms with Gasteiger partial charge in [-0.1, -0.05) is 56.8 Å². The maximum absolute atomic E-state index is 13.6. The number of ketones is 1. The van der Waals surface area contributed by atoms with E-state index in [0.29, 0.717) is 35.6 Å². The number of fused-ring (bicyclic) bond motifs is 1. The predicted octanol–water partition coefficient (Wildman–Crippen LogP) is 7.10. The minimum Gasteiger partial charge on any atom is -0.493 e. The highest BCUT2D eigenvalue weighted by atomic mass is 79.9. The van der Waals surface area contributed by atoms with Crippen LogP contribution >= 0.6 is 27.7 Å². The number of aromatic nitrogens is 3. The number of Topliss-reactive ketones (excluding diaryl/α,β-unsaturated/α-hetero) is 1. The van der Waals surface area contributed by atoms with Gasteiger partial charge in [0, 0.05) is 23.4 Å². The topological polar surface area (TPSA) is 78.3 Å². The van der Waals surface area contributed by atoms with E-state index in [0.717, 1.165) is 45.5 Å². The van der Waals surface area contributed by atoms with Gasteiger partial charge in [-0.25, -0.2) is 4.68 Å². The van der Waals surface area contributed by atoms with Crippen molar-refractivity contribution in [3.8, 4) is 11.5 Å². The van der Waals surface area contributed by atoms with Crippen LogP contribution in [0.4, 0.5) is 5.95 Å². The summed E-state index contributed by atoms with van der Waals surface area (Å²) in [5.74, 6) is 2.94. The van der Waals surface area contributed by atoms with Crippen molar-refractivity contribution in [2.75, 3.05) is 18.2 Å². The van der Waals surface area contributed by atoms with Gasteiger partial charge in [-0.3, -0.25) is 4.79 Å². The zero-order valence-corrected chi connectivity index (χ0v) is 24.8. The van der Waals surface area contributed by atoms with E-state index in [1.165, 1.54) is 5.56 Å². The highest BCUT2D eigenvalue weighted by Crippen LogP contribution is 2.48. The van der Waals surface area contributed by atoms with Crippen molar-refractivity contribution >= 4 is 39.4 Å². The normalized spacial score (nSPS) is 18.1. The number of halogens is 1. The van der Waals surface area contributed by atoms with Gasteiger partial charge >= 0.3 is 0 Å². The number of benzene rings is 2. The van der Waals surface area contributed by atoms with Gasteiger partial charge in [0.15, 0.2) is 17.3 Å². The van der Waals surface area contributed by atoms with Crippen molar-refractivity contribution in [1.82, 2.24) is 14.8 Å². The summed E-state index contributed by atoms with van der Waals surface area (Å²) in [5, 5.41) is 8.98. The highest BCUT2D eigenvalue weighted by Gasteiger charge is 2.42. The summed E-state index contributed by atoms with van der Waals surface area (Å²) in [6, 6.07) is 11.7. The number of hydrogen-bond acceptors (Lipinski definition) is 7. The zero-order chi connectivity index (χ0) is 27.0. The molecule has 7 nitrogen and oxygen atoms in total. The number of nitrogens with one attached hydrogen (secondary N) is 1. The second-order valence-electron chi connectivity index (χ2n) is 10.6. The van der Waals surface area contributed by atoms with Crippen LogP contribution in [-0.2, 0) is 11.4 Å². The van der Waals surface area contributed by atoms with E-state index in [9.17, 15) is 4.79 Å². The molecule has 0 fully saturated rings. The van der Waals surface area contributed by atoms with E-state index in [1.807, 2.05) is 28.9 Å². The van der Waals surface area contributed by atoms with E-state index < -0.39 is 6.04 Å². The fourth-order valence-corrected chi connectivity index (χ4v) is 6.37. The Morgan fingerprint density at radius 1 is 1.24 bits per heavy atom. The molecular formula is C29H33BrN4O3S. The first-order valence-corrected chi connectivity index (χ1v) is 14.7. The molecule has 5 rings (SSSR count). The average Bonchev–Trinajstić information content (AvgIpc) is 3.27. The quantitative estimate of drug-likeness (QED) is 0.278. The molecule has 38 heavy (non-hydrogen) atoms. The van der Waals surface area contributed by atoms with Crippen molar-refractivity contribution in [2.45, 2.75) is 64.8 Å². The summed E-state index contributed by atoms with van der Waals surface area (Å²) in [4.78, 5) is 18.4. The van der Waals surface area contributed by atoms with E-state index >= 15 is 0 Å². The monoisotopic (exact) mass is 596 g/mol. The molecule has 1 atom stereocenters. The number of aryl methyl sites for hydroxylation is 1. The standard InChI is InChI=1S/C29H33BrN4O3S/c1-6-11-38-28-32-27-31-21-14-29(3,4)15-22(35)24(21)25(34(27)33-28)19-12-20(30)26(23(13-19)36-5)37-16-18-10-8-7-9-17(18)2/h7-10,12-13,25H,6,11,14-16H2,1-5H3,(H,31,32,33). The molecule has 0 amide bonds. The number of nitrogens with zero attached hydrogens (tertiary/aromatic N) is 3. The van der Waals surface area contributed by atoms with Crippen LogP contribution < -0.4 is 14.8 Å². The van der Waals surface area contributed by atoms with E-state index in [4.69, 9.17) is 19.6 Å². The number of thioether (sulfide) groups is 1. The molecule has 1 aliphatic heterocycles. The van der Waals surface area contributed by atoms with Crippen molar-refractivity contribution in [3.63, 3.8) is 0 Å². The third-order valence-electron chi connectivity index (χ3n) is 6.95. The summed E-state index contributed by atoms with van der Waals surface area (Å²) in [6.07, 6.45) is 2.28. The Bertz CT molecular complexity index is 1410. The minimum absolute atomic E-state index is 0.124. The summed E-state index contributed by atoms with van der Waals surface area (Å²) in [6.45, 7) is 8.89. The fourth-order valence-electron chi connectivity index (χ4n) is 5.11. The SMILES string of the molecule is CCCSc1nc2n(n1)C(c1cc(Br)c(OCc3ccccc3C)c(OC)c1)C1=C(CC(C)(C)CC1=O)N2. The molecule has 0 bridgehead atoms. The van der Waals surface area contributed by atoms with Crippen LogP contribution in [0.1, 0.15) is 62.8 Å². The van der Waals surface area contributed by atoms with Crippen molar-refractivity contribution in [2.24, 2.45) is 5.41 Å². The Kier molecular flexibility index (Phi) is 7.60. The third-order valence-corrected chi connectivity index (χ3v) is 8.58. The van der Waals surface area contributed by atoms with Gasteiger partial charge in [0.25, 0.3) is 0 Å². The Morgan fingerprint density at radius 2 is 2.03 bits per heavy atom. The molecule has 1 unspecified atom stereocenters. The number of carbonyl (C=O) groups excluding carboxylic acids is 1. The average molecular weight is 598 g/mol. The first kappa shape index (κ1) is 26.8. The van der Waals surface area contributed by atoms with Gasteiger partial charge in [-0.2, -0.15) is 4.98 Å². The molecule has 1 aliphatic carbocycles. The van der Waals surface area contributed by atoms with Gasteiger partial charge in [0.1, 0.15) is 12.6 Å². The molecule has 200 valence electrons. The molecule has 1 aromatic heterocycles. The Morgan fingerprint density at radius 3 is 2.76 bits per heavy atom. The number of anilines is 1. The van der Waals surface area contributed by atoms with Gasteiger partial charge in [0.05, 0.1) is 11.6 Å². The number of ether oxygens (including phenoxy) is 2. The summed E-state index contributed by atoms with van der Waals surface area (Å²) < 4.78 is 14.6. The van der Waals surface area contributed by atoms with Gasteiger partial charge < -0.3 is 14.8 Å². The van der Waals surface area contributed by atoms with Crippen molar-refractivity contribution < 1.29 is 14.3 Å². The van der Waals surface area contributed by atoms with Crippen LogP contribution in [0.3, 0.4) is 0 Å². The molecule has 0 saturated heterocycles. The first-order chi connectivity index (χ1) is 18.2. The lowest BCUT2D eigenvalue weighted by atomic mass is 9.73.